The lowest BCUT2D eigenvalue weighted by Crippen LogP contribution is -2.40. The number of carbonyl (C=O) groups excluding carboxylic acids is 2. The van der Waals surface area contributed by atoms with Crippen LogP contribution in [0, 0.1) is 0 Å². The third kappa shape index (κ3) is 6.20. The fourth-order valence-corrected chi connectivity index (χ4v) is 2.74. The van der Waals surface area contributed by atoms with Gasteiger partial charge in [-0.1, -0.05) is 25.1 Å². The summed E-state index contributed by atoms with van der Waals surface area (Å²) < 4.78 is 5.55. The maximum absolute atomic E-state index is 12.0. The minimum absolute atomic E-state index is 0.00179. The zero-order chi connectivity index (χ0) is 17.2. The molecule has 1 heterocycles. The van der Waals surface area contributed by atoms with Gasteiger partial charge in [0.1, 0.15) is 12.4 Å². The van der Waals surface area contributed by atoms with Crippen LogP contribution in [0.5, 0.6) is 5.75 Å². The Morgan fingerprint density at radius 3 is 2.67 bits per heavy atom. The summed E-state index contributed by atoms with van der Waals surface area (Å²) in [5.74, 6) is 1.00. The third-order valence-corrected chi connectivity index (χ3v) is 4.05. The topological polar surface area (TPSA) is 61.9 Å². The highest BCUT2D eigenvalue weighted by atomic mass is 16.5. The summed E-state index contributed by atoms with van der Waals surface area (Å²) >= 11 is 0. The van der Waals surface area contributed by atoms with E-state index in [9.17, 15) is 9.59 Å². The maximum atomic E-state index is 12.0. The summed E-state index contributed by atoms with van der Waals surface area (Å²) in [7, 11) is 0. The number of hydrogen-bond donors (Lipinski definition) is 1. The van der Waals surface area contributed by atoms with Crippen LogP contribution < -0.4 is 10.1 Å². The van der Waals surface area contributed by atoms with Crippen molar-refractivity contribution in [2.24, 2.45) is 0 Å². The number of carbonyl (C=O) groups is 2. The Bertz CT molecular complexity index is 522. The highest BCUT2D eigenvalue weighted by molar-refractivity contribution is 5.78. The molecule has 1 fully saturated rings. The highest BCUT2D eigenvalue weighted by Crippen LogP contribution is 2.07. The zero-order valence-corrected chi connectivity index (χ0v) is 14.4. The molecule has 1 aliphatic heterocycles. The van der Waals surface area contributed by atoms with Crippen molar-refractivity contribution in [2.45, 2.75) is 19.8 Å². The molecule has 132 valence electrons. The van der Waals surface area contributed by atoms with Gasteiger partial charge in [0.15, 0.2) is 0 Å². The molecule has 1 aliphatic rings. The smallest absolute Gasteiger partial charge is 0.234 e. The second-order valence-corrected chi connectivity index (χ2v) is 5.88. The Kier molecular flexibility index (Phi) is 7.55. The van der Waals surface area contributed by atoms with E-state index in [0.29, 0.717) is 32.7 Å². The van der Waals surface area contributed by atoms with Crippen molar-refractivity contribution in [3.63, 3.8) is 0 Å². The van der Waals surface area contributed by atoms with E-state index in [-0.39, 0.29) is 11.8 Å². The first kappa shape index (κ1) is 18.3. The monoisotopic (exact) mass is 333 g/mol. The predicted octanol–water partition coefficient (Wildman–Crippen LogP) is 1.13. The number of nitrogens with one attached hydrogen (secondary N) is 1. The van der Waals surface area contributed by atoms with Crippen molar-refractivity contribution >= 4 is 11.8 Å². The molecular formula is C18H27N3O3. The lowest BCUT2D eigenvalue weighted by atomic mass is 10.3. The van der Waals surface area contributed by atoms with E-state index in [1.807, 2.05) is 42.2 Å². The fourth-order valence-electron chi connectivity index (χ4n) is 2.74. The van der Waals surface area contributed by atoms with Crippen molar-refractivity contribution in [1.29, 1.82) is 0 Å². The first-order valence-electron chi connectivity index (χ1n) is 8.63. The van der Waals surface area contributed by atoms with Gasteiger partial charge in [0.05, 0.1) is 13.1 Å². The molecule has 0 radical (unpaired) electrons. The van der Waals surface area contributed by atoms with Crippen molar-refractivity contribution in [3.8, 4) is 5.75 Å². The lowest BCUT2D eigenvalue weighted by Gasteiger charge is -2.21. The van der Waals surface area contributed by atoms with Crippen molar-refractivity contribution < 1.29 is 14.3 Å². The van der Waals surface area contributed by atoms with E-state index >= 15 is 0 Å². The molecule has 2 amide bonds. The van der Waals surface area contributed by atoms with E-state index in [2.05, 4.69) is 10.2 Å². The Morgan fingerprint density at radius 1 is 1.12 bits per heavy atom. The van der Waals surface area contributed by atoms with E-state index in [1.165, 1.54) is 0 Å². The maximum Gasteiger partial charge on any atom is 0.234 e. The summed E-state index contributed by atoms with van der Waals surface area (Å²) in [5.41, 5.74) is 0. The molecule has 0 spiro atoms. The second-order valence-electron chi connectivity index (χ2n) is 5.88. The van der Waals surface area contributed by atoms with E-state index in [4.69, 9.17) is 4.74 Å². The minimum Gasteiger partial charge on any atom is -0.492 e. The number of para-hydroxylation sites is 1. The van der Waals surface area contributed by atoms with Gasteiger partial charge < -0.3 is 15.0 Å². The highest BCUT2D eigenvalue weighted by Gasteiger charge is 2.19. The van der Waals surface area contributed by atoms with Crippen molar-refractivity contribution in [1.82, 2.24) is 15.1 Å². The summed E-state index contributed by atoms with van der Waals surface area (Å²) in [6.45, 7) is 6.29. The van der Waals surface area contributed by atoms with Gasteiger partial charge in [0.2, 0.25) is 11.8 Å². The van der Waals surface area contributed by atoms with Crippen molar-refractivity contribution in [2.75, 3.05) is 45.9 Å². The molecule has 0 saturated carbocycles. The number of nitrogens with zero attached hydrogens (tertiary/aromatic N) is 2. The first-order valence-corrected chi connectivity index (χ1v) is 8.63. The second kappa shape index (κ2) is 9.93. The Hall–Kier alpha value is -2.08. The van der Waals surface area contributed by atoms with Gasteiger partial charge in [-0.25, -0.2) is 0 Å². The van der Waals surface area contributed by atoms with Crippen LogP contribution in [0.25, 0.3) is 0 Å². The SMILES string of the molecule is CCC(=O)N1CCCN(CC(=O)NCCOc2ccccc2)CC1. The van der Waals surface area contributed by atoms with Gasteiger partial charge in [0.25, 0.3) is 0 Å². The molecule has 0 aromatic heterocycles. The normalized spacial score (nSPS) is 15.6. The zero-order valence-electron chi connectivity index (χ0n) is 14.4. The molecule has 0 bridgehead atoms. The Morgan fingerprint density at radius 2 is 1.92 bits per heavy atom. The molecule has 0 atom stereocenters. The molecule has 6 nitrogen and oxygen atoms in total. The minimum atomic E-state index is 0.00179. The molecule has 0 aliphatic carbocycles. The summed E-state index contributed by atoms with van der Waals surface area (Å²) in [4.78, 5) is 27.8. The largest absolute Gasteiger partial charge is 0.492 e. The standard InChI is InChI=1S/C18H27N3O3/c1-2-18(23)21-11-6-10-20(12-13-21)15-17(22)19-9-14-24-16-7-4-3-5-8-16/h3-5,7-8H,2,6,9-15H2,1H3,(H,19,22). The van der Waals surface area contributed by atoms with Gasteiger partial charge in [-0.3, -0.25) is 14.5 Å². The van der Waals surface area contributed by atoms with Crippen molar-refractivity contribution in [3.05, 3.63) is 30.3 Å². The van der Waals surface area contributed by atoms with Crippen LogP contribution in [0.3, 0.4) is 0 Å². The van der Waals surface area contributed by atoms with Crippen LogP contribution in [-0.4, -0.2) is 67.5 Å². The molecule has 0 unspecified atom stereocenters. The van der Waals surface area contributed by atoms with Gasteiger partial charge in [-0.05, 0) is 18.6 Å². The number of amides is 2. The van der Waals surface area contributed by atoms with Crippen LogP contribution in [0.4, 0.5) is 0 Å². The average molecular weight is 333 g/mol. The van der Waals surface area contributed by atoms with E-state index in [1.54, 1.807) is 0 Å². The average Bonchev–Trinajstić information content (AvgIpc) is 2.84. The molecule has 1 aromatic rings. The van der Waals surface area contributed by atoms with Crippen LogP contribution in [0.2, 0.25) is 0 Å². The van der Waals surface area contributed by atoms with Crippen LogP contribution >= 0.6 is 0 Å². The van der Waals surface area contributed by atoms with Gasteiger partial charge in [-0.15, -0.1) is 0 Å². The quantitative estimate of drug-likeness (QED) is 0.760. The summed E-state index contributed by atoms with van der Waals surface area (Å²) in [5, 5.41) is 2.88. The molecule has 2 rings (SSSR count). The molecule has 1 N–H and O–H groups in total. The predicted molar refractivity (Wildman–Crippen MR) is 92.9 cm³/mol. The first-order chi connectivity index (χ1) is 11.7. The number of benzene rings is 1. The third-order valence-electron chi connectivity index (χ3n) is 4.05. The van der Waals surface area contributed by atoms with E-state index < -0.39 is 0 Å². The number of hydrogen-bond acceptors (Lipinski definition) is 4. The van der Waals surface area contributed by atoms with Gasteiger partial charge >= 0.3 is 0 Å². The molecule has 1 aromatic carbocycles. The molecule has 6 heteroatoms. The molecule has 1 saturated heterocycles. The fraction of sp³-hybridized carbons (Fsp3) is 0.556. The van der Waals surface area contributed by atoms with Gasteiger partial charge in [-0.2, -0.15) is 0 Å². The summed E-state index contributed by atoms with van der Waals surface area (Å²) in [6.07, 6.45) is 1.46. The van der Waals surface area contributed by atoms with Crippen LogP contribution in [0.1, 0.15) is 19.8 Å². The number of ether oxygens (including phenoxy) is 1. The van der Waals surface area contributed by atoms with Crippen LogP contribution in [-0.2, 0) is 9.59 Å². The lowest BCUT2D eigenvalue weighted by molar-refractivity contribution is -0.130. The molecule has 24 heavy (non-hydrogen) atoms. The Labute approximate surface area is 143 Å². The number of rotatable bonds is 7. The summed E-state index contributed by atoms with van der Waals surface area (Å²) in [6, 6.07) is 9.55. The van der Waals surface area contributed by atoms with E-state index in [0.717, 1.165) is 31.8 Å². The van der Waals surface area contributed by atoms with Gasteiger partial charge in [0, 0.05) is 32.6 Å². The Balaban J connectivity index is 1.62. The molecular weight excluding hydrogens is 306 g/mol. The van der Waals surface area contributed by atoms with Crippen LogP contribution in [0.15, 0.2) is 30.3 Å².